The number of hydrogen-bond acceptors (Lipinski definition) is 5. The Morgan fingerprint density at radius 3 is 2.83 bits per heavy atom. The summed E-state index contributed by atoms with van der Waals surface area (Å²) in [5.41, 5.74) is 1.21. The molecule has 5 nitrogen and oxygen atoms in total. The first kappa shape index (κ1) is 15.9. The van der Waals surface area contributed by atoms with Crippen molar-refractivity contribution in [2.45, 2.75) is 38.8 Å². The van der Waals surface area contributed by atoms with Crippen molar-refractivity contribution >= 4 is 0 Å². The third-order valence-electron chi connectivity index (χ3n) is 4.68. The van der Waals surface area contributed by atoms with Crippen molar-refractivity contribution in [2.75, 3.05) is 6.61 Å². The Hall–Kier alpha value is -1.98. The van der Waals surface area contributed by atoms with Crippen LogP contribution in [0, 0.1) is 5.41 Å². The summed E-state index contributed by atoms with van der Waals surface area (Å²) in [5.74, 6) is 1.23. The van der Waals surface area contributed by atoms with E-state index in [4.69, 9.17) is 4.74 Å². The van der Waals surface area contributed by atoms with Crippen LogP contribution in [-0.2, 0) is 6.54 Å². The van der Waals surface area contributed by atoms with Gasteiger partial charge in [0.05, 0.1) is 6.20 Å². The molecule has 1 fully saturated rings. The number of hydrogen-bond donors (Lipinski definition) is 2. The molecule has 0 saturated heterocycles. The Morgan fingerprint density at radius 1 is 1.30 bits per heavy atom. The monoisotopic (exact) mass is 313 g/mol. The smallest absolute Gasteiger partial charge is 0.237 e. The number of aromatic nitrogens is 2. The van der Waals surface area contributed by atoms with E-state index in [9.17, 15) is 5.11 Å². The molecule has 122 valence electrons. The van der Waals surface area contributed by atoms with E-state index >= 15 is 0 Å². The van der Waals surface area contributed by atoms with Crippen molar-refractivity contribution in [1.82, 2.24) is 15.3 Å². The van der Waals surface area contributed by atoms with Crippen LogP contribution < -0.4 is 10.1 Å². The molecule has 2 N–H and O–H groups in total. The van der Waals surface area contributed by atoms with Crippen LogP contribution in [-0.4, -0.2) is 27.7 Å². The molecule has 3 rings (SSSR count). The topological polar surface area (TPSA) is 67.3 Å². The summed E-state index contributed by atoms with van der Waals surface area (Å²) in [6, 6.07) is 8.34. The summed E-state index contributed by atoms with van der Waals surface area (Å²) in [7, 11) is 0. The van der Waals surface area contributed by atoms with Gasteiger partial charge in [0.15, 0.2) is 0 Å². The summed E-state index contributed by atoms with van der Waals surface area (Å²) in [5, 5.41) is 13.2. The van der Waals surface area contributed by atoms with Crippen LogP contribution in [0.4, 0.5) is 0 Å². The van der Waals surface area contributed by atoms with Crippen molar-refractivity contribution in [2.24, 2.45) is 5.41 Å². The maximum absolute atomic E-state index is 9.60. The van der Waals surface area contributed by atoms with E-state index in [2.05, 4.69) is 22.2 Å². The van der Waals surface area contributed by atoms with Crippen molar-refractivity contribution in [3.8, 4) is 11.6 Å². The third-order valence-corrected chi connectivity index (χ3v) is 4.68. The van der Waals surface area contributed by atoms with Gasteiger partial charge in [-0.25, -0.2) is 4.98 Å². The van der Waals surface area contributed by atoms with E-state index < -0.39 is 0 Å². The minimum Gasteiger partial charge on any atom is -0.438 e. The third kappa shape index (κ3) is 3.86. The van der Waals surface area contributed by atoms with Gasteiger partial charge in [-0.2, -0.15) is 0 Å². The highest BCUT2D eigenvalue weighted by molar-refractivity contribution is 5.29. The first-order valence-electron chi connectivity index (χ1n) is 8.07. The number of ether oxygens (including phenoxy) is 1. The van der Waals surface area contributed by atoms with Gasteiger partial charge in [0.2, 0.25) is 5.88 Å². The van der Waals surface area contributed by atoms with Crippen molar-refractivity contribution in [1.29, 1.82) is 0 Å². The highest BCUT2D eigenvalue weighted by Crippen LogP contribution is 2.37. The van der Waals surface area contributed by atoms with Crippen LogP contribution in [0.3, 0.4) is 0 Å². The van der Waals surface area contributed by atoms with E-state index in [0.717, 1.165) is 25.1 Å². The molecule has 1 saturated carbocycles. The molecule has 0 amide bonds. The zero-order chi connectivity index (χ0) is 16.1. The van der Waals surface area contributed by atoms with Crippen molar-refractivity contribution < 1.29 is 9.84 Å². The lowest BCUT2D eigenvalue weighted by molar-refractivity contribution is 0.118. The van der Waals surface area contributed by atoms with Gasteiger partial charge in [0.25, 0.3) is 0 Å². The number of aliphatic hydroxyl groups is 1. The van der Waals surface area contributed by atoms with Gasteiger partial charge in [0.1, 0.15) is 5.75 Å². The van der Waals surface area contributed by atoms with E-state index in [-0.39, 0.29) is 12.0 Å². The standard InChI is InChI=1S/C18H23N3O2/c1-18(13-22)8-2-3-16(18)21-11-14-4-6-15(7-5-14)23-17-12-19-9-10-20-17/h4-7,9-10,12,16,21-22H,2-3,8,11,13H2,1H3. The Balaban J connectivity index is 1.56. The average Bonchev–Trinajstić information content (AvgIpc) is 2.97. The molecular formula is C18H23N3O2. The number of nitrogens with one attached hydrogen (secondary N) is 1. The molecule has 23 heavy (non-hydrogen) atoms. The van der Waals surface area contributed by atoms with E-state index in [1.807, 2.05) is 24.3 Å². The molecule has 0 radical (unpaired) electrons. The van der Waals surface area contributed by atoms with Crippen LogP contribution in [0.15, 0.2) is 42.9 Å². The molecular weight excluding hydrogens is 290 g/mol. The molecule has 0 spiro atoms. The van der Waals surface area contributed by atoms with Crippen LogP contribution in [0.5, 0.6) is 11.6 Å². The number of rotatable bonds is 6. The lowest BCUT2D eigenvalue weighted by atomic mass is 9.86. The molecule has 0 aliphatic heterocycles. The summed E-state index contributed by atoms with van der Waals surface area (Å²) in [4.78, 5) is 8.07. The largest absolute Gasteiger partial charge is 0.438 e. The highest BCUT2D eigenvalue weighted by Gasteiger charge is 2.37. The molecule has 1 aliphatic rings. The fourth-order valence-corrected chi connectivity index (χ4v) is 3.15. The highest BCUT2D eigenvalue weighted by atomic mass is 16.5. The SMILES string of the molecule is CC1(CO)CCCC1NCc1ccc(Oc2cnccn2)cc1. The average molecular weight is 313 g/mol. The minimum atomic E-state index is 0.00896. The predicted molar refractivity (Wildman–Crippen MR) is 88.2 cm³/mol. The molecule has 1 aliphatic carbocycles. The zero-order valence-corrected chi connectivity index (χ0v) is 13.4. The second-order valence-electron chi connectivity index (χ2n) is 6.43. The first-order valence-corrected chi connectivity index (χ1v) is 8.07. The molecule has 0 bridgehead atoms. The molecule has 2 atom stereocenters. The maximum Gasteiger partial charge on any atom is 0.237 e. The Kier molecular flexibility index (Phi) is 4.88. The van der Waals surface area contributed by atoms with E-state index in [0.29, 0.717) is 11.9 Å². The van der Waals surface area contributed by atoms with Crippen LogP contribution in [0.2, 0.25) is 0 Å². The quantitative estimate of drug-likeness (QED) is 0.858. The van der Waals surface area contributed by atoms with Crippen molar-refractivity contribution in [3.05, 3.63) is 48.4 Å². The van der Waals surface area contributed by atoms with Crippen LogP contribution >= 0.6 is 0 Å². The lowest BCUT2D eigenvalue weighted by Gasteiger charge is -2.30. The zero-order valence-electron chi connectivity index (χ0n) is 13.4. The normalized spacial score (nSPS) is 23.8. The van der Waals surface area contributed by atoms with Gasteiger partial charge in [-0.3, -0.25) is 4.98 Å². The van der Waals surface area contributed by atoms with Gasteiger partial charge >= 0.3 is 0 Å². The van der Waals surface area contributed by atoms with Crippen LogP contribution in [0.25, 0.3) is 0 Å². The van der Waals surface area contributed by atoms with E-state index in [1.54, 1.807) is 18.6 Å². The number of nitrogens with zero attached hydrogens (tertiary/aromatic N) is 2. The Morgan fingerprint density at radius 2 is 2.13 bits per heavy atom. The Labute approximate surface area is 136 Å². The predicted octanol–water partition coefficient (Wildman–Crippen LogP) is 2.91. The van der Waals surface area contributed by atoms with E-state index in [1.165, 1.54) is 12.0 Å². The second-order valence-corrected chi connectivity index (χ2v) is 6.43. The maximum atomic E-state index is 9.60. The second kappa shape index (κ2) is 7.06. The molecule has 1 aromatic carbocycles. The first-order chi connectivity index (χ1) is 11.2. The summed E-state index contributed by atoms with van der Waals surface area (Å²) in [6.07, 6.45) is 8.21. The van der Waals surface area contributed by atoms with Gasteiger partial charge in [0, 0.05) is 37.0 Å². The lowest BCUT2D eigenvalue weighted by Crippen LogP contribution is -2.41. The minimum absolute atomic E-state index is 0.00896. The van der Waals surface area contributed by atoms with Gasteiger partial charge in [-0.05, 0) is 30.5 Å². The Bertz CT molecular complexity index is 618. The molecule has 2 unspecified atom stereocenters. The fourth-order valence-electron chi connectivity index (χ4n) is 3.15. The summed E-state index contributed by atoms with van der Waals surface area (Å²) >= 11 is 0. The number of aliphatic hydroxyl groups excluding tert-OH is 1. The molecule has 1 aromatic heterocycles. The van der Waals surface area contributed by atoms with Gasteiger partial charge in [-0.1, -0.05) is 25.5 Å². The number of benzene rings is 1. The summed E-state index contributed by atoms with van der Waals surface area (Å²) in [6.45, 7) is 3.21. The van der Waals surface area contributed by atoms with Crippen LogP contribution in [0.1, 0.15) is 31.7 Å². The molecule has 1 heterocycles. The summed E-state index contributed by atoms with van der Waals surface area (Å²) < 4.78 is 5.63. The van der Waals surface area contributed by atoms with Gasteiger partial charge < -0.3 is 15.2 Å². The van der Waals surface area contributed by atoms with Crippen molar-refractivity contribution in [3.63, 3.8) is 0 Å². The fraction of sp³-hybridized carbons (Fsp3) is 0.444. The van der Waals surface area contributed by atoms with Gasteiger partial charge in [-0.15, -0.1) is 0 Å². The molecule has 2 aromatic rings. The molecule has 5 heteroatoms.